The average Bonchev–Trinajstić information content (AvgIpc) is 3.19. The molecule has 2 rings (SSSR count). The number of sulfonamides is 1. The van der Waals surface area contributed by atoms with Gasteiger partial charge < -0.3 is 9.64 Å². The summed E-state index contributed by atoms with van der Waals surface area (Å²) in [5.41, 5.74) is 0.0674. The minimum absolute atomic E-state index is 0.0336. The molecule has 0 unspecified atom stereocenters. The number of nitriles is 1. The van der Waals surface area contributed by atoms with Crippen molar-refractivity contribution in [2.24, 2.45) is 0 Å². The Morgan fingerprint density at radius 1 is 1.31 bits per heavy atom. The Morgan fingerprint density at radius 3 is 2.65 bits per heavy atom. The third-order valence-corrected chi connectivity index (χ3v) is 5.98. The molecule has 140 valence electrons. The topological polar surface area (TPSA) is 108 Å². The van der Waals surface area contributed by atoms with E-state index in [2.05, 4.69) is 0 Å². The summed E-state index contributed by atoms with van der Waals surface area (Å²) in [6.45, 7) is 0.724. The summed E-state index contributed by atoms with van der Waals surface area (Å²) in [6, 6.07) is 7.54. The molecule has 8 nitrogen and oxygen atoms in total. The Hall–Kier alpha value is -2.44. The number of ether oxygens (including phenoxy) is 1. The van der Waals surface area contributed by atoms with Crippen molar-refractivity contribution in [3.05, 3.63) is 29.8 Å². The predicted molar refractivity (Wildman–Crippen MR) is 92.6 cm³/mol. The molecule has 0 bridgehead atoms. The minimum atomic E-state index is -3.63. The van der Waals surface area contributed by atoms with E-state index >= 15 is 0 Å². The molecule has 1 saturated heterocycles. The molecular weight excluding hydrogens is 358 g/mol. The number of hydrogen-bond donors (Lipinski definition) is 0. The number of nitrogens with zero attached hydrogens (tertiary/aromatic N) is 3. The summed E-state index contributed by atoms with van der Waals surface area (Å²) in [7, 11) is -2.12. The highest BCUT2D eigenvalue weighted by molar-refractivity contribution is 7.89. The number of rotatable bonds is 7. The van der Waals surface area contributed by atoms with Crippen molar-refractivity contribution in [3.8, 4) is 6.07 Å². The molecule has 1 amide bonds. The highest BCUT2D eigenvalue weighted by Gasteiger charge is 2.27. The van der Waals surface area contributed by atoms with Gasteiger partial charge in [0.1, 0.15) is 0 Å². The normalized spacial score (nSPS) is 14.6. The third-order valence-electron chi connectivity index (χ3n) is 4.08. The molecule has 1 aromatic rings. The predicted octanol–water partition coefficient (Wildman–Crippen LogP) is 1.000. The lowest BCUT2D eigenvalue weighted by Gasteiger charge is -2.16. The van der Waals surface area contributed by atoms with Gasteiger partial charge in [0.2, 0.25) is 10.0 Å². The number of carbonyl (C=O) groups excluding carboxylic acids is 2. The van der Waals surface area contributed by atoms with Crippen LogP contribution in [-0.2, 0) is 19.6 Å². The number of likely N-dealkylation sites (N-methyl/N-ethyl adjacent to an activating group) is 1. The Kier molecular flexibility index (Phi) is 6.71. The fourth-order valence-corrected chi connectivity index (χ4v) is 4.09. The molecule has 1 aromatic carbocycles. The van der Waals surface area contributed by atoms with Gasteiger partial charge in [-0.25, -0.2) is 13.2 Å². The van der Waals surface area contributed by atoms with Crippen molar-refractivity contribution in [1.29, 1.82) is 5.26 Å². The Labute approximate surface area is 153 Å². The van der Waals surface area contributed by atoms with Gasteiger partial charge in [-0.1, -0.05) is 6.07 Å². The van der Waals surface area contributed by atoms with Crippen molar-refractivity contribution in [2.45, 2.75) is 24.2 Å². The van der Waals surface area contributed by atoms with Crippen molar-refractivity contribution < 1.29 is 22.7 Å². The number of benzene rings is 1. The van der Waals surface area contributed by atoms with Crippen LogP contribution in [0.3, 0.4) is 0 Å². The van der Waals surface area contributed by atoms with Gasteiger partial charge in [0.05, 0.1) is 22.9 Å². The number of amides is 1. The van der Waals surface area contributed by atoms with Crippen LogP contribution >= 0.6 is 0 Å². The minimum Gasteiger partial charge on any atom is -0.452 e. The highest BCUT2D eigenvalue weighted by atomic mass is 32.2. The smallest absolute Gasteiger partial charge is 0.338 e. The van der Waals surface area contributed by atoms with Crippen LogP contribution in [0.2, 0.25) is 0 Å². The van der Waals surface area contributed by atoms with Crippen molar-refractivity contribution in [2.75, 3.05) is 33.3 Å². The molecule has 0 radical (unpaired) electrons. The monoisotopic (exact) mass is 379 g/mol. The first-order valence-corrected chi connectivity index (χ1v) is 9.68. The van der Waals surface area contributed by atoms with Gasteiger partial charge in [-0.3, -0.25) is 4.79 Å². The van der Waals surface area contributed by atoms with Gasteiger partial charge >= 0.3 is 5.97 Å². The summed E-state index contributed by atoms with van der Waals surface area (Å²) < 4.78 is 31.5. The van der Waals surface area contributed by atoms with Crippen molar-refractivity contribution in [3.63, 3.8) is 0 Å². The highest BCUT2D eigenvalue weighted by Crippen LogP contribution is 2.21. The lowest BCUT2D eigenvalue weighted by atomic mass is 10.2. The van der Waals surface area contributed by atoms with Crippen molar-refractivity contribution >= 4 is 21.9 Å². The fourth-order valence-electron chi connectivity index (χ4n) is 2.52. The largest absolute Gasteiger partial charge is 0.452 e. The van der Waals surface area contributed by atoms with E-state index < -0.39 is 28.5 Å². The number of carbonyl (C=O) groups is 2. The van der Waals surface area contributed by atoms with E-state index in [1.807, 2.05) is 6.07 Å². The molecule has 0 aliphatic carbocycles. The van der Waals surface area contributed by atoms with Gasteiger partial charge in [-0.05, 0) is 31.0 Å². The average molecular weight is 379 g/mol. The lowest BCUT2D eigenvalue weighted by Crippen LogP contribution is -2.32. The zero-order valence-electron chi connectivity index (χ0n) is 14.6. The molecule has 0 N–H and O–H groups in total. The van der Waals surface area contributed by atoms with Crippen LogP contribution < -0.4 is 0 Å². The van der Waals surface area contributed by atoms with Crippen LogP contribution in [-0.4, -0.2) is 62.8 Å². The molecule has 0 atom stereocenters. The summed E-state index contributed by atoms with van der Waals surface area (Å²) in [4.78, 5) is 25.3. The van der Waals surface area contributed by atoms with Crippen LogP contribution in [0.4, 0.5) is 0 Å². The standard InChI is InChI=1S/C17H21N3O5S/c1-19(9-5-8-18)16(21)13-25-17(22)14-6-4-7-15(12-14)26(23,24)20-10-2-3-11-20/h4,6-7,12H,2-3,5,9-11,13H2,1H3. The van der Waals surface area contributed by atoms with Crippen molar-refractivity contribution in [1.82, 2.24) is 9.21 Å². The fraction of sp³-hybridized carbons (Fsp3) is 0.471. The Bertz CT molecular complexity index is 810. The number of hydrogen-bond acceptors (Lipinski definition) is 6. The molecule has 0 aromatic heterocycles. The molecule has 1 fully saturated rings. The molecule has 9 heteroatoms. The van der Waals surface area contributed by atoms with Gasteiger partial charge in [0, 0.05) is 26.7 Å². The third kappa shape index (κ3) is 4.80. The summed E-state index contributed by atoms with van der Waals surface area (Å²) in [5, 5.41) is 8.51. The molecule has 1 heterocycles. The maximum Gasteiger partial charge on any atom is 0.338 e. The zero-order chi connectivity index (χ0) is 19.2. The second-order valence-electron chi connectivity index (χ2n) is 5.94. The first-order valence-electron chi connectivity index (χ1n) is 8.24. The van der Waals surface area contributed by atoms with E-state index in [0.29, 0.717) is 13.1 Å². The van der Waals surface area contributed by atoms with Crippen LogP contribution in [0, 0.1) is 11.3 Å². The zero-order valence-corrected chi connectivity index (χ0v) is 15.4. The molecule has 0 spiro atoms. The quantitative estimate of drug-likeness (QED) is 0.654. The maximum absolute atomic E-state index is 12.6. The van der Waals surface area contributed by atoms with Gasteiger partial charge in [0.25, 0.3) is 5.91 Å². The van der Waals surface area contributed by atoms with E-state index in [4.69, 9.17) is 10.00 Å². The van der Waals surface area contributed by atoms with E-state index in [1.165, 1.54) is 40.5 Å². The van der Waals surface area contributed by atoms with Crippen LogP contribution in [0.25, 0.3) is 0 Å². The second-order valence-corrected chi connectivity index (χ2v) is 7.88. The first-order chi connectivity index (χ1) is 12.4. The SMILES string of the molecule is CN(CCC#N)C(=O)COC(=O)c1cccc(S(=O)(=O)N2CCCC2)c1. The van der Waals surface area contributed by atoms with Gasteiger partial charge in [0.15, 0.2) is 6.61 Å². The van der Waals surface area contributed by atoms with Gasteiger partial charge in [-0.15, -0.1) is 0 Å². The first kappa shape index (κ1) is 19.9. The Morgan fingerprint density at radius 2 is 2.00 bits per heavy atom. The van der Waals surface area contributed by atoms with Gasteiger partial charge in [-0.2, -0.15) is 9.57 Å². The molecule has 26 heavy (non-hydrogen) atoms. The maximum atomic E-state index is 12.6. The molecular formula is C17H21N3O5S. The molecule has 1 aliphatic rings. The van der Waals surface area contributed by atoms with E-state index in [-0.39, 0.29) is 23.4 Å². The lowest BCUT2D eigenvalue weighted by molar-refractivity contribution is -0.133. The molecule has 1 aliphatic heterocycles. The second kappa shape index (κ2) is 8.78. The number of esters is 1. The van der Waals surface area contributed by atoms with E-state index in [0.717, 1.165) is 12.8 Å². The Balaban J connectivity index is 2.02. The summed E-state index contributed by atoms with van der Waals surface area (Å²) >= 11 is 0. The summed E-state index contributed by atoms with van der Waals surface area (Å²) in [5.74, 6) is -1.21. The van der Waals surface area contributed by atoms with Crippen LogP contribution in [0.1, 0.15) is 29.6 Å². The summed E-state index contributed by atoms with van der Waals surface area (Å²) in [6.07, 6.45) is 1.83. The van der Waals surface area contributed by atoms with Crippen LogP contribution in [0.15, 0.2) is 29.2 Å². The van der Waals surface area contributed by atoms with Crippen LogP contribution in [0.5, 0.6) is 0 Å². The van der Waals surface area contributed by atoms with E-state index in [1.54, 1.807) is 0 Å². The van der Waals surface area contributed by atoms with E-state index in [9.17, 15) is 18.0 Å². The molecule has 0 saturated carbocycles.